The summed E-state index contributed by atoms with van der Waals surface area (Å²) in [6.07, 6.45) is 0. The molecule has 8 nitrogen and oxygen atoms in total. The second-order valence-corrected chi connectivity index (χ2v) is 8.42. The fraction of sp³-hybridized carbons (Fsp3) is 0.182. The van der Waals surface area contributed by atoms with Gasteiger partial charge in [0.2, 0.25) is 11.8 Å². The molecule has 32 heavy (non-hydrogen) atoms. The van der Waals surface area contributed by atoms with Crippen LogP contribution in [0.4, 0.5) is 5.88 Å². The van der Waals surface area contributed by atoms with Crippen molar-refractivity contribution in [2.24, 2.45) is 0 Å². The Bertz CT molecular complexity index is 1380. The molecule has 0 saturated heterocycles. The van der Waals surface area contributed by atoms with E-state index in [-0.39, 0.29) is 23.1 Å². The molecule has 10 heteroatoms. The van der Waals surface area contributed by atoms with Crippen LogP contribution in [0.3, 0.4) is 0 Å². The number of halogens is 1. The van der Waals surface area contributed by atoms with Gasteiger partial charge in [-0.25, -0.2) is 4.98 Å². The maximum Gasteiger partial charge on any atom is 0.266 e. The van der Waals surface area contributed by atoms with Crippen molar-refractivity contribution in [3.63, 3.8) is 0 Å². The molecule has 0 radical (unpaired) electrons. The zero-order chi connectivity index (χ0) is 22.8. The number of nitrogens with one attached hydrogen (secondary N) is 1. The van der Waals surface area contributed by atoms with Gasteiger partial charge in [0.05, 0.1) is 35.1 Å². The second kappa shape index (κ2) is 9.05. The molecule has 4 aromatic rings. The van der Waals surface area contributed by atoms with Crippen LogP contribution in [0, 0.1) is 13.8 Å². The zero-order valence-corrected chi connectivity index (χ0v) is 19.1. The largest absolute Gasteiger partial charge is 0.495 e. The fourth-order valence-corrected chi connectivity index (χ4v) is 4.12. The van der Waals surface area contributed by atoms with Crippen LogP contribution >= 0.6 is 23.4 Å². The quantitative estimate of drug-likeness (QED) is 0.329. The number of carbonyl (C=O) groups is 1. The molecule has 1 amide bonds. The van der Waals surface area contributed by atoms with E-state index in [4.69, 9.17) is 20.9 Å². The van der Waals surface area contributed by atoms with Gasteiger partial charge in [-0.2, -0.15) is 0 Å². The summed E-state index contributed by atoms with van der Waals surface area (Å²) in [7, 11) is 1.53. The number of hydrogen-bond acceptors (Lipinski definition) is 7. The third-order valence-electron chi connectivity index (χ3n) is 4.60. The van der Waals surface area contributed by atoms with Crippen LogP contribution in [0.15, 0.2) is 56.9 Å². The molecule has 0 aliphatic carbocycles. The number of nitrogens with zero attached hydrogens (tertiary/aromatic N) is 3. The van der Waals surface area contributed by atoms with Crippen LogP contribution in [-0.4, -0.2) is 33.5 Å². The monoisotopic (exact) mass is 470 g/mol. The minimum Gasteiger partial charge on any atom is -0.495 e. The summed E-state index contributed by atoms with van der Waals surface area (Å²) >= 11 is 7.23. The van der Waals surface area contributed by atoms with E-state index in [2.05, 4.69) is 15.5 Å². The van der Waals surface area contributed by atoms with E-state index in [0.29, 0.717) is 38.2 Å². The van der Waals surface area contributed by atoms with Crippen LogP contribution in [0.2, 0.25) is 5.02 Å². The molecule has 1 N–H and O–H groups in total. The van der Waals surface area contributed by atoms with Gasteiger partial charge in [-0.05, 0) is 49.7 Å². The Hall–Kier alpha value is -3.30. The molecule has 2 heterocycles. The highest BCUT2D eigenvalue weighted by atomic mass is 35.5. The number of hydrogen-bond donors (Lipinski definition) is 1. The van der Waals surface area contributed by atoms with Crippen molar-refractivity contribution in [1.82, 2.24) is 14.7 Å². The lowest BCUT2D eigenvalue weighted by Crippen LogP contribution is -2.23. The maximum absolute atomic E-state index is 13.5. The molecule has 0 aliphatic heterocycles. The molecule has 2 aromatic heterocycles. The Morgan fingerprint density at radius 1 is 1.22 bits per heavy atom. The van der Waals surface area contributed by atoms with Crippen LogP contribution in [0.5, 0.6) is 5.75 Å². The Kier molecular flexibility index (Phi) is 6.20. The summed E-state index contributed by atoms with van der Waals surface area (Å²) in [6.45, 7) is 3.67. The Balaban J connectivity index is 1.78. The lowest BCUT2D eigenvalue weighted by molar-refractivity contribution is -0.113. The first-order chi connectivity index (χ1) is 15.4. The van der Waals surface area contributed by atoms with Gasteiger partial charge in [0.25, 0.3) is 5.56 Å². The molecule has 4 rings (SSSR count). The third-order valence-corrected chi connectivity index (χ3v) is 5.77. The highest BCUT2D eigenvalue weighted by Gasteiger charge is 2.18. The smallest absolute Gasteiger partial charge is 0.266 e. The Morgan fingerprint density at radius 3 is 2.75 bits per heavy atom. The Labute approximate surface area is 192 Å². The van der Waals surface area contributed by atoms with Gasteiger partial charge in [0, 0.05) is 11.1 Å². The van der Waals surface area contributed by atoms with Crippen molar-refractivity contribution in [3.05, 3.63) is 69.1 Å². The first kappa shape index (κ1) is 21.9. The fourth-order valence-electron chi connectivity index (χ4n) is 3.15. The SMILES string of the molecule is COc1ccc(C)cc1-n1c(SCC(=O)Nc2cc(C)no2)nc2cc(Cl)ccc2c1=O. The van der Waals surface area contributed by atoms with Crippen molar-refractivity contribution in [1.29, 1.82) is 0 Å². The number of carbonyl (C=O) groups excluding carboxylic acids is 1. The molecule has 2 aromatic carbocycles. The molecule has 164 valence electrons. The molecule has 0 fully saturated rings. The van der Waals surface area contributed by atoms with Crippen molar-refractivity contribution in [2.75, 3.05) is 18.2 Å². The van der Waals surface area contributed by atoms with E-state index in [1.807, 2.05) is 19.1 Å². The van der Waals surface area contributed by atoms with Gasteiger partial charge in [-0.15, -0.1) is 0 Å². The Morgan fingerprint density at radius 2 is 2.03 bits per heavy atom. The first-order valence-electron chi connectivity index (χ1n) is 9.59. The van der Waals surface area contributed by atoms with E-state index < -0.39 is 0 Å². The van der Waals surface area contributed by atoms with Crippen LogP contribution in [0.25, 0.3) is 16.6 Å². The lowest BCUT2D eigenvalue weighted by Gasteiger charge is -2.16. The maximum atomic E-state index is 13.5. The molecular formula is C22H19ClN4O4S. The number of fused-ring (bicyclic) bond motifs is 1. The number of thioether (sulfide) groups is 1. The number of aryl methyl sites for hydroxylation is 2. The molecule has 0 atom stereocenters. The van der Waals surface area contributed by atoms with Gasteiger partial charge < -0.3 is 9.26 Å². The molecule has 0 unspecified atom stereocenters. The molecule has 0 saturated carbocycles. The highest BCUT2D eigenvalue weighted by molar-refractivity contribution is 7.99. The normalized spacial score (nSPS) is 11.0. The summed E-state index contributed by atoms with van der Waals surface area (Å²) in [6, 6.07) is 12.0. The minimum atomic E-state index is -0.325. The number of amides is 1. The minimum absolute atomic E-state index is 0.00755. The first-order valence-corrected chi connectivity index (χ1v) is 11.0. The van der Waals surface area contributed by atoms with Crippen molar-refractivity contribution in [2.45, 2.75) is 19.0 Å². The summed E-state index contributed by atoms with van der Waals surface area (Å²) < 4.78 is 12.0. The molecular weight excluding hydrogens is 452 g/mol. The summed E-state index contributed by atoms with van der Waals surface area (Å²) in [5.41, 5.74) is 2.29. The standard InChI is InChI=1S/C22H19ClN4O4S/c1-12-4-7-18(30-3)17(8-12)27-21(29)15-6-5-14(23)10-16(15)24-22(27)32-11-19(28)25-20-9-13(2)26-31-20/h4-10H,11H2,1-3H3,(H,25,28). The van der Waals surface area contributed by atoms with Crippen molar-refractivity contribution >= 4 is 46.1 Å². The number of methoxy groups -OCH3 is 1. The van der Waals surface area contributed by atoms with E-state index in [1.165, 1.54) is 11.7 Å². The van der Waals surface area contributed by atoms with E-state index in [0.717, 1.165) is 17.3 Å². The van der Waals surface area contributed by atoms with Gasteiger partial charge in [0.15, 0.2) is 5.16 Å². The predicted molar refractivity (Wildman–Crippen MR) is 124 cm³/mol. The lowest BCUT2D eigenvalue weighted by atomic mass is 10.2. The van der Waals surface area contributed by atoms with Gasteiger partial charge in [-0.1, -0.05) is 34.6 Å². The topological polar surface area (TPSA) is 99.2 Å². The number of aromatic nitrogens is 3. The average molecular weight is 471 g/mol. The number of benzene rings is 2. The van der Waals surface area contributed by atoms with E-state index in [1.54, 1.807) is 37.3 Å². The molecule has 0 bridgehead atoms. The number of ether oxygens (including phenoxy) is 1. The highest BCUT2D eigenvalue weighted by Crippen LogP contribution is 2.29. The predicted octanol–water partition coefficient (Wildman–Crippen LogP) is 4.38. The zero-order valence-electron chi connectivity index (χ0n) is 17.5. The van der Waals surface area contributed by atoms with Crippen LogP contribution in [0.1, 0.15) is 11.3 Å². The van der Waals surface area contributed by atoms with Gasteiger partial charge in [0.1, 0.15) is 5.75 Å². The van der Waals surface area contributed by atoms with E-state index in [9.17, 15) is 9.59 Å². The molecule has 0 spiro atoms. The van der Waals surface area contributed by atoms with Gasteiger partial charge >= 0.3 is 0 Å². The third kappa shape index (κ3) is 4.49. The number of rotatable bonds is 6. The summed E-state index contributed by atoms with van der Waals surface area (Å²) in [4.78, 5) is 30.5. The van der Waals surface area contributed by atoms with Crippen LogP contribution in [-0.2, 0) is 4.79 Å². The summed E-state index contributed by atoms with van der Waals surface area (Å²) in [5, 5.41) is 7.58. The average Bonchev–Trinajstić information content (AvgIpc) is 3.16. The number of anilines is 1. The van der Waals surface area contributed by atoms with Crippen molar-refractivity contribution < 1.29 is 14.1 Å². The van der Waals surface area contributed by atoms with E-state index >= 15 is 0 Å². The van der Waals surface area contributed by atoms with Gasteiger partial charge in [-0.3, -0.25) is 19.5 Å². The molecule has 0 aliphatic rings. The second-order valence-electron chi connectivity index (χ2n) is 7.04. The van der Waals surface area contributed by atoms with Crippen LogP contribution < -0.4 is 15.6 Å². The van der Waals surface area contributed by atoms with Crippen molar-refractivity contribution in [3.8, 4) is 11.4 Å². The summed E-state index contributed by atoms with van der Waals surface area (Å²) in [5.74, 6) is 0.432.